The third-order valence-electron chi connectivity index (χ3n) is 5.21. The van der Waals surface area contributed by atoms with Gasteiger partial charge in [0.05, 0.1) is 6.54 Å². The lowest BCUT2D eigenvalue weighted by Crippen LogP contribution is -2.48. The van der Waals surface area contributed by atoms with E-state index in [1.165, 1.54) is 24.0 Å². The third kappa shape index (κ3) is 3.35. The molecular weight excluding hydrogens is 272 g/mol. The molecule has 0 saturated heterocycles. The topological polar surface area (TPSA) is 32.3 Å². The van der Waals surface area contributed by atoms with Crippen molar-refractivity contribution in [1.29, 1.82) is 0 Å². The first-order valence-electron chi connectivity index (χ1n) is 8.65. The molecule has 0 aromatic heterocycles. The van der Waals surface area contributed by atoms with E-state index in [-0.39, 0.29) is 11.4 Å². The summed E-state index contributed by atoms with van der Waals surface area (Å²) in [7, 11) is 0. The van der Waals surface area contributed by atoms with Crippen molar-refractivity contribution in [3.8, 4) is 0 Å². The first-order chi connectivity index (χ1) is 10.5. The zero-order valence-corrected chi connectivity index (χ0v) is 14.1. The van der Waals surface area contributed by atoms with Crippen LogP contribution in [-0.4, -0.2) is 28.9 Å². The molecule has 1 saturated carbocycles. The molecular formula is C19H28N2O. The predicted octanol–water partition coefficient (Wildman–Crippen LogP) is 3.44. The summed E-state index contributed by atoms with van der Waals surface area (Å²) in [6, 6.07) is 9.77. The predicted molar refractivity (Wildman–Crippen MR) is 89.7 cm³/mol. The molecule has 0 heterocycles. The van der Waals surface area contributed by atoms with Gasteiger partial charge in [-0.25, -0.2) is 0 Å². The van der Waals surface area contributed by atoms with Gasteiger partial charge in [-0.3, -0.25) is 9.69 Å². The Kier molecular flexibility index (Phi) is 4.26. The molecule has 120 valence electrons. The number of amides is 1. The van der Waals surface area contributed by atoms with E-state index >= 15 is 0 Å². The zero-order chi connectivity index (χ0) is 15.7. The molecule has 2 aliphatic rings. The summed E-state index contributed by atoms with van der Waals surface area (Å²) in [5.74, 6) is 0.170. The maximum atomic E-state index is 12.5. The summed E-state index contributed by atoms with van der Waals surface area (Å²) >= 11 is 0. The number of rotatable bonds is 6. The zero-order valence-electron chi connectivity index (χ0n) is 14.1. The van der Waals surface area contributed by atoms with E-state index in [0.717, 1.165) is 19.3 Å². The number of carbonyl (C=O) groups is 1. The second-order valence-corrected chi connectivity index (χ2v) is 7.44. The average Bonchev–Trinajstić information content (AvgIpc) is 3.24. The van der Waals surface area contributed by atoms with E-state index in [2.05, 4.69) is 55.3 Å². The third-order valence-corrected chi connectivity index (χ3v) is 5.21. The van der Waals surface area contributed by atoms with E-state index in [1.54, 1.807) is 0 Å². The summed E-state index contributed by atoms with van der Waals surface area (Å²) in [6.07, 6.45) is 5.73. The highest BCUT2D eigenvalue weighted by atomic mass is 16.2. The Bertz CT molecular complexity index is 548. The number of carbonyl (C=O) groups excluding carboxylic acids is 1. The molecule has 1 amide bonds. The van der Waals surface area contributed by atoms with Crippen molar-refractivity contribution in [3.05, 3.63) is 35.4 Å². The van der Waals surface area contributed by atoms with Gasteiger partial charge in [-0.15, -0.1) is 0 Å². The van der Waals surface area contributed by atoms with Crippen molar-refractivity contribution in [2.45, 2.75) is 70.5 Å². The summed E-state index contributed by atoms with van der Waals surface area (Å²) in [5, 5.41) is 3.19. The first-order valence-corrected chi connectivity index (χ1v) is 8.65. The summed E-state index contributed by atoms with van der Waals surface area (Å²) < 4.78 is 0. The summed E-state index contributed by atoms with van der Waals surface area (Å²) in [4.78, 5) is 14.9. The van der Waals surface area contributed by atoms with E-state index in [9.17, 15) is 4.79 Å². The second-order valence-electron chi connectivity index (χ2n) is 7.44. The largest absolute Gasteiger partial charge is 0.350 e. The van der Waals surface area contributed by atoms with E-state index in [1.807, 2.05) is 0 Å². The summed E-state index contributed by atoms with van der Waals surface area (Å²) in [6.45, 7) is 6.84. The highest BCUT2D eigenvalue weighted by molar-refractivity contribution is 5.79. The SMILES string of the molecule is CCC(C)(C)NC(=O)CN(C1CC1)C1CCc2ccccc21. The fourth-order valence-electron chi connectivity index (χ4n) is 3.45. The quantitative estimate of drug-likeness (QED) is 0.873. The molecule has 0 spiro atoms. The van der Waals surface area contributed by atoms with Gasteiger partial charge in [0.25, 0.3) is 0 Å². The molecule has 0 radical (unpaired) electrons. The van der Waals surface area contributed by atoms with Crippen LogP contribution in [0.1, 0.15) is 63.6 Å². The van der Waals surface area contributed by atoms with Crippen LogP contribution in [0.15, 0.2) is 24.3 Å². The summed E-state index contributed by atoms with van der Waals surface area (Å²) in [5.41, 5.74) is 2.80. The molecule has 22 heavy (non-hydrogen) atoms. The maximum Gasteiger partial charge on any atom is 0.234 e. The fraction of sp³-hybridized carbons (Fsp3) is 0.632. The lowest BCUT2D eigenvalue weighted by atomic mass is 10.0. The Labute approximate surface area is 134 Å². The number of nitrogens with one attached hydrogen (secondary N) is 1. The van der Waals surface area contributed by atoms with Crippen LogP contribution in [-0.2, 0) is 11.2 Å². The van der Waals surface area contributed by atoms with E-state index in [4.69, 9.17) is 0 Å². The van der Waals surface area contributed by atoms with Gasteiger partial charge >= 0.3 is 0 Å². The highest BCUT2D eigenvalue weighted by Gasteiger charge is 2.38. The fourth-order valence-corrected chi connectivity index (χ4v) is 3.45. The van der Waals surface area contributed by atoms with Gasteiger partial charge in [0.15, 0.2) is 0 Å². The molecule has 0 aliphatic heterocycles. The molecule has 1 atom stereocenters. The standard InChI is InChI=1S/C19H28N2O/c1-4-19(2,3)20-18(22)13-21(15-10-11-15)17-12-9-14-7-5-6-8-16(14)17/h5-8,15,17H,4,9-13H2,1-3H3,(H,20,22). The van der Waals surface area contributed by atoms with Crippen molar-refractivity contribution >= 4 is 5.91 Å². The molecule has 1 aromatic rings. The number of aryl methyl sites for hydroxylation is 1. The molecule has 1 aromatic carbocycles. The van der Waals surface area contributed by atoms with Gasteiger partial charge in [-0.1, -0.05) is 31.2 Å². The monoisotopic (exact) mass is 300 g/mol. The Morgan fingerprint density at radius 2 is 2.00 bits per heavy atom. The van der Waals surface area contributed by atoms with Crippen LogP contribution in [0.3, 0.4) is 0 Å². The molecule has 3 heteroatoms. The van der Waals surface area contributed by atoms with Crippen LogP contribution < -0.4 is 5.32 Å². The van der Waals surface area contributed by atoms with Gasteiger partial charge in [-0.2, -0.15) is 0 Å². The Morgan fingerprint density at radius 3 is 2.68 bits per heavy atom. The van der Waals surface area contributed by atoms with Crippen molar-refractivity contribution in [3.63, 3.8) is 0 Å². The van der Waals surface area contributed by atoms with E-state index < -0.39 is 0 Å². The normalized spacial score (nSPS) is 21.0. The Hall–Kier alpha value is -1.35. The van der Waals surface area contributed by atoms with Crippen LogP contribution in [0, 0.1) is 0 Å². The van der Waals surface area contributed by atoms with Crippen LogP contribution in [0.25, 0.3) is 0 Å². The second kappa shape index (κ2) is 6.04. The van der Waals surface area contributed by atoms with Crippen molar-refractivity contribution in [2.24, 2.45) is 0 Å². The molecule has 3 rings (SSSR count). The van der Waals surface area contributed by atoms with Crippen LogP contribution in [0.2, 0.25) is 0 Å². The van der Waals surface area contributed by atoms with Crippen molar-refractivity contribution in [2.75, 3.05) is 6.54 Å². The molecule has 2 aliphatic carbocycles. The van der Waals surface area contributed by atoms with Gasteiger partial charge in [0, 0.05) is 17.6 Å². The van der Waals surface area contributed by atoms with Crippen molar-refractivity contribution < 1.29 is 4.79 Å². The minimum absolute atomic E-state index is 0.111. The number of hydrogen-bond acceptors (Lipinski definition) is 2. The van der Waals surface area contributed by atoms with E-state index in [0.29, 0.717) is 18.6 Å². The first kappa shape index (κ1) is 15.5. The molecule has 1 fully saturated rings. The Balaban J connectivity index is 1.71. The van der Waals surface area contributed by atoms with Crippen LogP contribution in [0.4, 0.5) is 0 Å². The van der Waals surface area contributed by atoms with Crippen LogP contribution in [0.5, 0.6) is 0 Å². The minimum Gasteiger partial charge on any atom is -0.350 e. The van der Waals surface area contributed by atoms with Crippen LogP contribution >= 0.6 is 0 Å². The number of hydrogen-bond donors (Lipinski definition) is 1. The van der Waals surface area contributed by atoms with Gasteiger partial charge < -0.3 is 5.32 Å². The van der Waals surface area contributed by atoms with Gasteiger partial charge in [-0.05, 0) is 57.1 Å². The molecule has 1 unspecified atom stereocenters. The van der Waals surface area contributed by atoms with Crippen molar-refractivity contribution in [1.82, 2.24) is 10.2 Å². The minimum atomic E-state index is -0.111. The lowest BCUT2D eigenvalue weighted by Gasteiger charge is -2.31. The van der Waals surface area contributed by atoms with Gasteiger partial charge in [0.2, 0.25) is 5.91 Å². The smallest absolute Gasteiger partial charge is 0.234 e. The molecule has 0 bridgehead atoms. The highest BCUT2D eigenvalue weighted by Crippen LogP contribution is 2.41. The molecule has 3 nitrogen and oxygen atoms in total. The van der Waals surface area contributed by atoms with Gasteiger partial charge in [0.1, 0.15) is 0 Å². The number of nitrogens with zero attached hydrogens (tertiary/aromatic N) is 1. The number of fused-ring (bicyclic) bond motifs is 1. The average molecular weight is 300 g/mol. The maximum absolute atomic E-state index is 12.5. The Morgan fingerprint density at radius 1 is 1.27 bits per heavy atom. The lowest BCUT2D eigenvalue weighted by molar-refractivity contribution is -0.124. The number of benzene rings is 1. The molecule has 1 N–H and O–H groups in total.